The average Bonchev–Trinajstić information content (AvgIpc) is 3.37. The fourth-order valence-electron chi connectivity index (χ4n) is 5.33. The van der Waals surface area contributed by atoms with Gasteiger partial charge in [-0.15, -0.1) is 12.4 Å². The largest absolute Gasteiger partial charge is 0.466 e. The molecule has 224 valence electrons. The molecule has 44 heavy (non-hydrogen) atoms. The Kier molecular flexibility index (Phi) is 9.74. The van der Waals surface area contributed by atoms with Crippen LogP contribution in [-0.2, 0) is 20.8 Å². The molecule has 4 aromatic rings. The van der Waals surface area contributed by atoms with E-state index in [1.807, 2.05) is 72.8 Å². The van der Waals surface area contributed by atoms with Crippen molar-refractivity contribution in [2.45, 2.75) is 25.2 Å². The fourth-order valence-corrected chi connectivity index (χ4v) is 5.33. The van der Waals surface area contributed by atoms with Crippen molar-refractivity contribution >= 4 is 30.4 Å². The summed E-state index contributed by atoms with van der Waals surface area (Å²) in [6, 6.07) is 28.8. The maximum absolute atomic E-state index is 13.6. The molecule has 9 heteroatoms. The van der Waals surface area contributed by atoms with Crippen molar-refractivity contribution in [2.24, 2.45) is 5.73 Å². The van der Waals surface area contributed by atoms with E-state index in [0.717, 1.165) is 33.4 Å². The van der Waals surface area contributed by atoms with E-state index in [1.54, 1.807) is 24.3 Å². The third-order valence-corrected chi connectivity index (χ3v) is 7.54. The summed E-state index contributed by atoms with van der Waals surface area (Å²) in [7, 11) is 2.43. The average molecular weight is 610 g/mol. The molecule has 0 heterocycles. The summed E-state index contributed by atoms with van der Waals surface area (Å²) in [4.78, 5) is 41.8. The number of carbonyl (C=O) groups is 3. The summed E-state index contributed by atoms with van der Waals surface area (Å²) in [5.74, 6) is 4.75. The van der Waals surface area contributed by atoms with Gasteiger partial charge in [-0.25, -0.2) is 9.59 Å². The van der Waals surface area contributed by atoms with Gasteiger partial charge in [-0.1, -0.05) is 72.5 Å². The topological polar surface area (TPSA) is 111 Å². The predicted octanol–water partition coefficient (Wildman–Crippen LogP) is 5.42. The molecule has 0 saturated carbocycles. The summed E-state index contributed by atoms with van der Waals surface area (Å²) >= 11 is 0. The number of hydrogen-bond acceptors (Lipinski definition) is 6. The number of benzene rings is 4. The lowest BCUT2D eigenvalue weighted by molar-refractivity contribution is -0.156. The summed E-state index contributed by atoms with van der Waals surface area (Å²) in [6.45, 7) is 1.90. The van der Waals surface area contributed by atoms with Gasteiger partial charge in [-0.05, 0) is 71.1 Å². The molecule has 1 atom stereocenters. The smallest absolute Gasteiger partial charge is 0.412 e. The first-order valence-electron chi connectivity index (χ1n) is 13.7. The van der Waals surface area contributed by atoms with Crippen LogP contribution in [0.5, 0.6) is 0 Å². The van der Waals surface area contributed by atoms with Gasteiger partial charge in [0.05, 0.1) is 20.3 Å². The first-order chi connectivity index (χ1) is 20.8. The van der Waals surface area contributed by atoms with Crippen molar-refractivity contribution in [2.75, 3.05) is 14.2 Å². The standard InChI is InChI=1S/C35H31N3O5.ClH/c1-35(33(40)42-2,37-32(39)26-20-18-24(19-21-26)13-12-23-14-16-25(22-36)17-15-23)38(34(41)43-3)31-29-10-6-4-8-27(29)28-9-5-7-11-30(28)31;/h4-11,14-21,31H,22,36H2,1-3H3,(H,37,39);1H/t35-;/m0./s1. The van der Waals surface area contributed by atoms with Crippen LogP contribution in [0.25, 0.3) is 11.1 Å². The monoisotopic (exact) mass is 609 g/mol. The predicted molar refractivity (Wildman–Crippen MR) is 170 cm³/mol. The normalized spacial score (nSPS) is 12.6. The Balaban J connectivity index is 0.00000442. The van der Waals surface area contributed by atoms with E-state index >= 15 is 0 Å². The summed E-state index contributed by atoms with van der Waals surface area (Å²) in [5.41, 5.74) is 9.96. The van der Waals surface area contributed by atoms with Crippen molar-refractivity contribution in [3.05, 3.63) is 130 Å². The Morgan fingerprint density at radius 3 is 1.77 bits per heavy atom. The Labute approximate surface area is 262 Å². The number of carbonyl (C=O) groups excluding carboxylic acids is 3. The minimum absolute atomic E-state index is 0. The van der Waals surface area contributed by atoms with Gasteiger partial charge < -0.3 is 20.5 Å². The highest BCUT2D eigenvalue weighted by atomic mass is 35.5. The third-order valence-electron chi connectivity index (χ3n) is 7.54. The number of esters is 1. The lowest BCUT2D eigenvalue weighted by Crippen LogP contribution is -2.66. The van der Waals surface area contributed by atoms with Crippen LogP contribution in [0, 0.1) is 11.8 Å². The lowest BCUT2D eigenvalue weighted by atomic mass is 9.99. The number of methoxy groups -OCH3 is 2. The molecule has 0 saturated heterocycles. The van der Waals surface area contributed by atoms with Crippen LogP contribution in [0.4, 0.5) is 4.79 Å². The summed E-state index contributed by atoms with van der Waals surface area (Å²) < 4.78 is 10.3. The van der Waals surface area contributed by atoms with E-state index in [-0.39, 0.29) is 18.0 Å². The number of ether oxygens (including phenoxy) is 2. The lowest BCUT2D eigenvalue weighted by Gasteiger charge is -2.42. The molecule has 0 spiro atoms. The molecule has 5 rings (SSSR count). The molecule has 8 nitrogen and oxygen atoms in total. The Morgan fingerprint density at radius 2 is 1.30 bits per heavy atom. The molecule has 0 radical (unpaired) electrons. The first kappa shape index (κ1) is 31.8. The fraction of sp³-hybridized carbons (Fsp3) is 0.171. The second-order valence-electron chi connectivity index (χ2n) is 10.2. The van der Waals surface area contributed by atoms with Crippen LogP contribution in [0.2, 0.25) is 0 Å². The Bertz CT molecular complexity index is 1700. The highest BCUT2D eigenvalue weighted by Gasteiger charge is 2.51. The molecular weight excluding hydrogens is 578 g/mol. The van der Waals surface area contributed by atoms with Gasteiger partial charge in [0.2, 0.25) is 5.66 Å². The molecule has 2 amide bonds. The molecule has 0 unspecified atom stereocenters. The molecule has 0 fully saturated rings. The van der Waals surface area contributed by atoms with Crippen molar-refractivity contribution in [1.29, 1.82) is 0 Å². The molecule has 3 N–H and O–H groups in total. The summed E-state index contributed by atoms with van der Waals surface area (Å²) in [5, 5.41) is 2.77. The number of rotatable bonds is 6. The zero-order chi connectivity index (χ0) is 30.6. The van der Waals surface area contributed by atoms with Gasteiger partial charge in [0.1, 0.15) is 0 Å². The minimum Gasteiger partial charge on any atom is -0.466 e. The zero-order valence-electron chi connectivity index (χ0n) is 24.5. The third kappa shape index (κ3) is 6.02. The zero-order valence-corrected chi connectivity index (χ0v) is 25.3. The second kappa shape index (κ2) is 13.5. The van der Waals surface area contributed by atoms with Crippen LogP contribution in [0.3, 0.4) is 0 Å². The van der Waals surface area contributed by atoms with Crippen LogP contribution < -0.4 is 11.1 Å². The number of fused-ring (bicyclic) bond motifs is 3. The van der Waals surface area contributed by atoms with E-state index in [1.165, 1.54) is 26.0 Å². The first-order valence-corrected chi connectivity index (χ1v) is 13.7. The van der Waals surface area contributed by atoms with Crippen molar-refractivity contribution in [1.82, 2.24) is 10.2 Å². The van der Waals surface area contributed by atoms with Crippen molar-refractivity contribution in [3.8, 4) is 23.0 Å². The second-order valence-corrected chi connectivity index (χ2v) is 10.2. The Morgan fingerprint density at radius 1 is 0.795 bits per heavy atom. The van der Waals surface area contributed by atoms with Gasteiger partial charge in [0.25, 0.3) is 5.91 Å². The maximum Gasteiger partial charge on any atom is 0.412 e. The highest BCUT2D eigenvalue weighted by Crippen LogP contribution is 2.48. The van der Waals surface area contributed by atoms with Crippen molar-refractivity contribution < 1.29 is 23.9 Å². The molecule has 0 bridgehead atoms. The van der Waals surface area contributed by atoms with Crippen LogP contribution in [0.1, 0.15) is 51.1 Å². The van der Waals surface area contributed by atoms with Gasteiger partial charge in [0, 0.05) is 23.2 Å². The van der Waals surface area contributed by atoms with E-state index < -0.39 is 29.7 Å². The number of nitrogens with two attached hydrogens (primary N) is 1. The minimum atomic E-state index is -1.94. The van der Waals surface area contributed by atoms with Crippen LogP contribution in [0.15, 0.2) is 97.1 Å². The molecule has 1 aliphatic carbocycles. The number of hydrogen-bond donors (Lipinski definition) is 2. The van der Waals surface area contributed by atoms with E-state index in [4.69, 9.17) is 15.2 Å². The quantitative estimate of drug-likeness (QED) is 0.171. The molecule has 0 aliphatic heterocycles. The van der Waals surface area contributed by atoms with Gasteiger partial charge in [-0.3, -0.25) is 9.69 Å². The van der Waals surface area contributed by atoms with Gasteiger partial charge in [-0.2, -0.15) is 0 Å². The van der Waals surface area contributed by atoms with E-state index in [0.29, 0.717) is 12.1 Å². The highest BCUT2D eigenvalue weighted by molar-refractivity contribution is 5.99. The molecule has 1 aliphatic rings. The van der Waals surface area contributed by atoms with Gasteiger partial charge >= 0.3 is 12.1 Å². The Hall–Kier alpha value is -5.10. The SMILES string of the molecule is COC(=O)N(C1c2ccccc2-c2ccccc21)[C@](C)(NC(=O)c1ccc(C#Cc2ccc(CN)cc2)cc1)C(=O)OC.Cl. The molecular formula is C35H32ClN3O5. The van der Waals surface area contributed by atoms with Gasteiger partial charge in [0.15, 0.2) is 0 Å². The van der Waals surface area contributed by atoms with E-state index in [2.05, 4.69) is 17.2 Å². The number of nitrogens with one attached hydrogen (secondary N) is 1. The summed E-state index contributed by atoms with van der Waals surface area (Å²) in [6.07, 6.45) is -0.810. The maximum atomic E-state index is 13.6. The van der Waals surface area contributed by atoms with Crippen LogP contribution in [-0.4, -0.2) is 42.8 Å². The number of nitrogens with zero attached hydrogens (tertiary/aromatic N) is 1. The molecule has 0 aromatic heterocycles. The van der Waals surface area contributed by atoms with E-state index in [9.17, 15) is 14.4 Å². The van der Waals surface area contributed by atoms with Crippen molar-refractivity contribution in [3.63, 3.8) is 0 Å². The van der Waals surface area contributed by atoms with Crippen LogP contribution >= 0.6 is 12.4 Å². The number of halogens is 1. The number of amides is 2. The molecule has 4 aromatic carbocycles.